The molecule has 31 heavy (non-hydrogen) atoms. The van der Waals surface area contributed by atoms with E-state index in [1.54, 1.807) is 13.2 Å². The minimum Gasteiger partial charge on any atom is -0.492 e. The molecule has 0 heterocycles. The molecule has 0 bridgehead atoms. The number of ether oxygens (including phenoxy) is 2. The summed E-state index contributed by atoms with van der Waals surface area (Å²) in [4.78, 5) is 0. The molecule has 1 atom stereocenters. The highest BCUT2D eigenvalue weighted by Gasteiger charge is 2.22. The first kappa shape index (κ1) is 23.0. The van der Waals surface area contributed by atoms with Gasteiger partial charge in [0.15, 0.2) is 11.5 Å². The Kier molecular flexibility index (Phi) is 7.47. The first-order chi connectivity index (χ1) is 14.8. The lowest BCUT2D eigenvalue weighted by atomic mass is 9.95. The highest BCUT2D eigenvalue weighted by atomic mass is 35.5. The number of nitrogens with one attached hydrogen (secondary N) is 1. The second kappa shape index (κ2) is 10.1. The Labute approximate surface area is 189 Å². The van der Waals surface area contributed by atoms with Gasteiger partial charge in [-0.1, -0.05) is 74.8 Å². The van der Waals surface area contributed by atoms with Crippen molar-refractivity contribution in [3.8, 4) is 11.5 Å². The molecule has 5 heteroatoms. The van der Waals surface area contributed by atoms with Crippen molar-refractivity contribution in [1.82, 2.24) is 0 Å². The molecule has 0 amide bonds. The monoisotopic (exact) mass is 439 g/mol. The fourth-order valence-corrected chi connectivity index (χ4v) is 3.44. The number of halogens is 1. The van der Waals surface area contributed by atoms with Crippen LogP contribution in [0.1, 0.15) is 43.6 Å². The first-order valence-corrected chi connectivity index (χ1v) is 10.7. The summed E-state index contributed by atoms with van der Waals surface area (Å²) in [6.07, 6.45) is -0.934. The van der Waals surface area contributed by atoms with E-state index >= 15 is 0 Å². The molecule has 0 fully saturated rings. The van der Waals surface area contributed by atoms with Crippen LogP contribution in [-0.4, -0.2) is 18.8 Å². The van der Waals surface area contributed by atoms with E-state index in [0.717, 1.165) is 17.8 Å². The lowest BCUT2D eigenvalue weighted by Gasteiger charge is -2.24. The Balaban J connectivity index is 1.91. The van der Waals surface area contributed by atoms with E-state index in [2.05, 4.69) is 26.1 Å². The van der Waals surface area contributed by atoms with Crippen molar-refractivity contribution in [1.29, 1.82) is 0 Å². The Morgan fingerprint density at radius 3 is 2.39 bits per heavy atom. The summed E-state index contributed by atoms with van der Waals surface area (Å²) in [7, 11) is 1.58. The Hall–Kier alpha value is -2.69. The van der Waals surface area contributed by atoms with Crippen LogP contribution in [0.3, 0.4) is 0 Å². The van der Waals surface area contributed by atoms with Gasteiger partial charge in [-0.15, -0.1) is 0 Å². The largest absolute Gasteiger partial charge is 0.492 e. The van der Waals surface area contributed by atoms with Crippen LogP contribution in [0.5, 0.6) is 11.5 Å². The number of hydrogen-bond donors (Lipinski definition) is 2. The molecule has 164 valence electrons. The van der Waals surface area contributed by atoms with Crippen molar-refractivity contribution in [3.63, 3.8) is 0 Å². The van der Waals surface area contributed by atoms with Crippen LogP contribution >= 0.6 is 11.6 Å². The van der Waals surface area contributed by atoms with Gasteiger partial charge in [-0.25, -0.2) is 0 Å². The standard InChI is InChI=1S/C26H30ClNO3/c1-26(2,3)17-28-22-14-13-19(27)15-21(22)24(29)20-11-8-12-23(25(20)30-4)31-16-18-9-6-5-7-10-18/h5-15,24,28-29H,16-17H2,1-4H3. The lowest BCUT2D eigenvalue weighted by Crippen LogP contribution is -2.20. The Bertz CT molecular complexity index is 999. The normalized spacial score (nSPS) is 12.3. The summed E-state index contributed by atoms with van der Waals surface area (Å²) in [5.74, 6) is 1.09. The van der Waals surface area contributed by atoms with Crippen LogP contribution in [0, 0.1) is 5.41 Å². The molecule has 0 saturated heterocycles. The van der Waals surface area contributed by atoms with Gasteiger partial charge >= 0.3 is 0 Å². The number of aliphatic hydroxyl groups excluding tert-OH is 1. The van der Waals surface area contributed by atoms with Crippen LogP contribution in [0.4, 0.5) is 5.69 Å². The van der Waals surface area contributed by atoms with Gasteiger partial charge in [-0.3, -0.25) is 0 Å². The molecule has 0 aliphatic rings. The maximum Gasteiger partial charge on any atom is 0.166 e. The molecular formula is C26H30ClNO3. The van der Waals surface area contributed by atoms with E-state index in [9.17, 15) is 5.11 Å². The number of anilines is 1. The highest BCUT2D eigenvalue weighted by Crippen LogP contribution is 2.40. The highest BCUT2D eigenvalue weighted by molar-refractivity contribution is 6.30. The average Bonchev–Trinajstić information content (AvgIpc) is 2.76. The fraction of sp³-hybridized carbons (Fsp3) is 0.308. The van der Waals surface area contributed by atoms with Gasteiger partial charge in [-0.2, -0.15) is 0 Å². The zero-order valence-corrected chi connectivity index (χ0v) is 19.2. The molecule has 0 radical (unpaired) electrons. The van der Waals surface area contributed by atoms with Crippen molar-refractivity contribution in [3.05, 3.63) is 88.4 Å². The minimum atomic E-state index is -0.934. The number of hydrogen-bond acceptors (Lipinski definition) is 4. The molecule has 0 spiro atoms. The van der Waals surface area contributed by atoms with E-state index in [1.807, 2.05) is 60.7 Å². The number of rotatable bonds is 8. The van der Waals surface area contributed by atoms with Crippen molar-refractivity contribution in [2.45, 2.75) is 33.5 Å². The summed E-state index contributed by atoms with van der Waals surface area (Å²) in [6, 6.07) is 21.0. The zero-order chi connectivity index (χ0) is 22.4. The van der Waals surface area contributed by atoms with Gasteiger partial charge in [0.2, 0.25) is 0 Å². The predicted octanol–water partition coefficient (Wildman–Crippen LogP) is 6.47. The van der Waals surface area contributed by atoms with Gasteiger partial charge < -0.3 is 19.9 Å². The molecule has 0 aromatic heterocycles. The van der Waals surface area contributed by atoms with Crippen molar-refractivity contribution >= 4 is 17.3 Å². The maximum atomic E-state index is 11.3. The van der Waals surface area contributed by atoms with Crippen LogP contribution in [0.15, 0.2) is 66.7 Å². The van der Waals surface area contributed by atoms with Gasteiger partial charge in [0.05, 0.1) is 7.11 Å². The molecule has 3 aromatic rings. The van der Waals surface area contributed by atoms with Crippen LogP contribution in [-0.2, 0) is 6.61 Å². The lowest BCUT2D eigenvalue weighted by molar-refractivity contribution is 0.211. The third-order valence-corrected chi connectivity index (χ3v) is 5.10. The summed E-state index contributed by atoms with van der Waals surface area (Å²) < 4.78 is 11.7. The predicted molar refractivity (Wildman–Crippen MR) is 127 cm³/mol. The third kappa shape index (κ3) is 6.16. The number of aliphatic hydroxyl groups is 1. The smallest absolute Gasteiger partial charge is 0.166 e. The van der Waals surface area contributed by atoms with E-state index in [-0.39, 0.29) is 5.41 Å². The topological polar surface area (TPSA) is 50.7 Å². The van der Waals surface area contributed by atoms with E-state index in [4.69, 9.17) is 21.1 Å². The molecule has 0 aliphatic carbocycles. The Morgan fingerprint density at radius 2 is 1.71 bits per heavy atom. The van der Waals surface area contributed by atoms with Gasteiger partial charge in [0.1, 0.15) is 12.7 Å². The SMILES string of the molecule is COc1c(OCc2ccccc2)cccc1C(O)c1cc(Cl)ccc1NCC(C)(C)C. The van der Waals surface area contributed by atoms with Crippen molar-refractivity contribution < 1.29 is 14.6 Å². The average molecular weight is 440 g/mol. The molecule has 4 nitrogen and oxygen atoms in total. The number of methoxy groups -OCH3 is 1. The quantitative estimate of drug-likeness (QED) is 0.422. The molecule has 3 rings (SSSR count). The molecule has 0 saturated carbocycles. The first-order valence-electron chi connectivity index (χ1n) is 10.3. The van der Waals surface area contributed by atoms with E-state index in [1.165, 1.54) is 0 Å². The molecule has 0 aliphatic heterocycles. The number of benzene rings is 3. The van der Waals surface area contributed by atoms with Crippen LogP contribution < -0.4 is 14.8 Å². The van der Waals surface area contributed by atoms with Crippen molar-refractivity contribution in [2.24, 2.45) is 5.41 Å². The van der Waals surface area contributed by atoms with Crippen LogP contribution in [0.25, 0.3) is 0 Å². The number of para-hydroxylation sites is 1. The van der Waals surface area contributed by atoms with Gasteiger partial charge in [0, 0.05) is 28.4 Å². The summed E-state index contributed by atoms with van der Waals surface area (Å²) in [5.41, 5.74) is 3.29. The fourth-order valence-electron chi connectivity index (χ4n) is 3.26. The second-order valence-electron chi connectivity index (χ2n) is 8.70. The molecule has 1 unspecified atom stereocenters. The van der Waals surface area contributed by atoms with Crippen LogP contribution in [0.2, 0.25) is 5.02 Å². The van der Waals surface area contributed by atoms with E-state index < -0.39 is 6.10 Å². The van der Waals surface area contributed by atoms with Gasteiger partial charge in [-0.05, 0) is 35.2 Å². The maximum absolute atomic E-state index is 11.3. The summed E-state index contributed by atoms with van der Waals surface area (Å²) in [6.45, 7) is 7.63. The molecular weight excluding hydrogens is 410 g/mol. The third-order valence-electron chi connectivity index (χ3n) is 4.86. The van der Waals surface area contributed by atoms with E-state index in [0.29, 0.717) is 34.3 Å². The molecule has 2 N–H and O–H groups in total. The summed E-state index contributed by atoms with van der Waals surface area (Å²) >= 11 is 6.27. The van der Waals surface area contributed by atoms with Gasteiger partial charge in [0.25, 0.3) is 0 Å². The summed E-state index contributed by atoms with van der Waals surface area (Å²) in [5, 5.41) is 15.3. The Morgan fingerprint density at radius 1 is 0.968 bits per heavy atom. The van der Waals surface area contributed by atoms with Crippen molar-refractivity contribution in [2.75, 3.05) is 19.0 Å². The minimum absolute atomic E-state index is 0.0880. The second-order valence-corrected chi connectivity index (χ2v) is 9.14. The molecule has 3 aromatic carbocycles. The zero-order valence-electron chi connectivity index (χ0n) is 18.5.